The fraction of sp³-hybridized carbons (Fsp3) is 0.355. The molecule has 0 radical (unpaired) electrons. The lowest BCUT2D eigenvalue weighted by molar-refractivity contribution is -0.140. The molecule has 214 valence electrons. The minimum Gasteiger partial charge on any atom is -0.354 e. The number of carbonyl (C=O) groups excluding carboxylic acids is 2. The number of amides is 2. The van der Waals surface area contributed by atoms with Gasteiger partial charge in [-0.25, -0.2) is 8.42 Å². The lowest BCUT2D eigenvalue weighted by atomic mass is 10.1. The monoisotopic (exact) mass is 583 g/mol. The second kappa shape index (κ2) is 13.8. The highest BCUT2D eigenvalue weighted by molar-refractivity contribution is 7.92. The summed E-state index contributed by atoms with van der Waals surface area (Å²) < 4.78 is 28.9. The number of hydrogen-bond donors (Lipinski definition) is 1. The van der Waals surface area contributed by atoms with Crippen LogP contribution in [0, 0.1) is 19.8 Å². The average molecular weight is 584 g/mol. The first-order chi connectivity index (χ1) is 18.9. The van der Waals surface area contributed by atoms with E-state index in [0.717, 1.165) is 21.0 Å². The average Bonchev–Trinajstić information content (AvgIpc) is 2.90. The number of rotatable bonds is 12. The first-order valence-electron chi connectivity index (χ1n) is 13.4. The number of sulfonamides is 1. The minimum absolute atomic E-state index is 0.0535. The number of halogens is 1. The van der Waals surface area contributed by atoms with E-state index in [1.54, 1.807) is 30.3 Å². The lowest BCUT2D eigenvalue weighted by Crippen LogP contribution is -2.52. The molecule has 0 spiro atoms. The van der Waals surface area contributed by atoms with E-state index < -0.39 is 28.5 Å². The van der Waals surface area contributed by atoms with E-state index in [-0.39, 0.29) is 29.0 Å². The molecule has 0 saturated heterocycles. The van der Waals surface area contributed by atoms with Gasteiger partial charge in [0.1, 0.15) is 12.6 Å². The molecule has 1 N–H and O–H groups in total. The predicted molar refractivity (Wildman–Crippen MR) is 161 cm³/mol. The second-order valence-corrected chi connectivity index (χ2v) is 12.7. The molecule has 0 aliphatic rings. The van der Waals surface area contributed by atoms with Crippen molar-refractivity contribution in [3.8, 4) is 0 Å². The Bertz CT molecular complexity index is 1420. The summed E-state index contributed by atoms with van der Waals surface area (Å²) in [6.07, 6.45) is 0.364. The summed E-state index contributed by atoms with van der Waals surface area (Å²) in [7, 11) is -4.14. The van der Waals surface area contributed by atoms with Gasteiger partial charge in [0, 0.05) is 18.1 Å². The Morgan fingerprint density at radius 1 is 0.925 bits per heavy atom. The molecule has 3 aromatic carbocycles. The number of hydrogen-bond acceptors (Lipinski definition) is 4. The Morgan fingerprint density at radius 3 is 2.20 bits per heavy atom. The smallest absolute Gasteiger partial charge is 0.264 e. The molecule has 3 aromatic rings. The number of nitrogens with zero attached hydrogens (tertiary/aromatic N) is 2. The number of aryl methyl sites for hydroxylation is 2. The minimum atomic E-state index is -4.14. The highest BCUT2D eigenvalue weighted by atomic mass is 35.5. The summed E-state index contributed by atoms with van der Waals surface area (Å²) in [5.74, 6) is -0.531. The summed E-state index contributed by atoms with van der Waals surface area (Å²) in [4.78, 5) is 28.9. The van der Waals surface area contributed by atoms with E-state index in [0.29, 0.717) is 18.0 Å². The Labute approximate surface area is 243 Å². The van der Waals surface area contributed by atoms with Crippen molar-refractivity contribution in [1.82, 2.24) is 10.2 Å². The van der Waals surface area contributed by atoms with Crippen LogP contribution in [-0.4, -0.2) is 44.3 Å². The quantitative estimate of drug-likeness (QED) is 0.295. The van der Waals surface area contributed by atoms with Gasteiger partial charge in [0.05, 0.1) is 10.6 Å². The van der Waals surface area contributed by atoms with Gasteiger partial charge >= 0.3 is 0 Å². The maximum Gasteiger partial charge on any atom is 0.264 e. The van der Waals surface area contributed by atoms with Gasteiger partial charge in [-0.15, -0.1) is 0 Å². The molecule has 0 fully saturated rings. The van der Waals surface area contributed by atoms with Crippen molar-refractivity contribution < 1.29 is 18.0 Å². The van der Waals surface area contributed by atoms with Crippen LogP contribution in [0.1, 0.15) is 43.9 Å². The zero-order chi connectivity index (χ0) is 29.4. The first-order valence-corrected chi connectivity index (χ1v) is 15.2. The molecule has 0 bridgehead atoms. The van der Waals surface area contributed by atoms with Gasteiger partial charge in [0.2, 0.25) is 11.8 Å². The fourth-order valence-electron chi connectivity index (χ4n) is 4.35. The highest BCUT2D eigenvalue weighted by Crippen LogP contribution is 2.27. The van der Waals surface area contributed by atoms with Crippen molar-refractivity contribution in [2.24, 2.45) is 5.92 Å². The Kier molecular flexibility index (Phi) is 10.8. The van der Waals surface area contributed by atoms with Crippen molar-refractivity contribution in [2.75, 3.05) is 17.4 Å². The highest BCUT2D eigenvalue weighted by Gasteiger charge is 2.33. The van der Waals surface area contributed by atoms with E-state index in [9.17, 15) is 18.0 Å². The second-order valence-electron chi connectivity index (χ2n) is 10.4. The number of nitrogens with one attached hydrogen (secondary N) is 1. The fourth-order valence-corrected chi connectivity index (χ4v) is 5.94. The molecule has 3 rings (SSSR count). The molecule has 9 heteroatoms. The van der Waals surface area contributed by atoms with Gasteiger partial charge in [0.25, 0.3) is 10.0 Å². The van der Waals surface area contributed by atoms with Gasteiger partial charge in [0.15, 0.2) is 0 Å². The van der Waals surface area contributed by atoms with Crippen molar-refractivity contribution in [2.45, 2.75) is 58.5 Å². The van der Waals surface area contributed by atoms with Crippen LogP contribution in [-0.2, 0) is 26.2 Å². The molecule has 0 aliphatic carbocycles. The number of carbonyl (C=O) groups is 2. The normalized spacial score (nSPS) is 12.2. The summed E-state index contributed by atoms with van der Waals surface area (Å²) in [5, 5.41) is 3.28. The third kappa shape index (κ3) is 8.08. The molecular formula is C31H38ClN3O4S. The SMILES string of the molecule is CCC(C(=O)NCC(C)C)N(Cc1cccc(C)c1)C(=O)CN(c1cccc(Cl)c1)S(=O)(=O)c1ccc(C)cc1. The molecule has 40 heavy (non-hydrogen) atoms. The Morgan fingerprint density at radius 2 is 1.60 bits per heavy atom. The summed E-state index contributed by atoms with van der Waals surface area (Å²) in [6, 6.07) is 19.8. The third-order valence-electron chi connectivity index (χ3n) is 6.49. The summed E-state index contributed by atoms with van der Waals surface area (Å²) in [6.45, 7) is 9.78. The molecule has 2 amide bonds. The van der Waals surface area contributed by atoms with Crippen LogP contribution >= 0.6 is 11.6 Å². The van der Waals surface area contributed by atoms with E-state index in [1.165, 1.54) is 23.1 Å². The van der Waals surface area contributed by atoms with Crippen LogP contribution in [0.15, 0.2) is 77.7 Å². The van der Waals surface area contributed by atoms with Gasteiger partial charge in [-0.2, -0.15) is 0 Å². The zero-order valence-corrected chi connectivity index (χ0v) is 25.3. The van der Waals surface area contributed by atoms with Crippen LogP contribution < -0.4 is 9.62 Å². The molecule has 7 nitrogen and oxygen atoms in total. The van der Waals surface area contributed by atoms with E-state index in [2.05, 4.69) is 5.32 Å². The number of benzene rings is 3. The zero-order valence-electron chi connectivity index (χ0n) is 23.7. The largest absolute Gasteiger partial charge is 0.354 e. The predicted octanol–water partition coefficient (Wildman–Crippen LogP) is 5.73. The molecule has 0 aliphatic heterocycles. The molecule has 0 heterocycles. The Hall–Kier alpha value is -3.36. The van der Waals surface area contributed by atoms with Crippen molar-refractivity contribution in [3.05, 3.63) is 94.5 Å². The molecule has 1 unspecified atom stereocenters. The first kappa shape index (κ1) is 31.2. The summed E-state index contributed by atoms with van der Waals surface area (Å²) >= 11 is 6.23. The maximum absolute atomic E-state index is 14.1. The van der Waals surface area contributed by atoms with Crippen LogP contribution in [0.5, 0.6) is 0 Å². The van der Waals surface area contributed by atoms with E-state index >= 15 is 0 Å². The van der Waals surface area contributed by atoms with Crippen LogP contribution in [0.25, 0.3) is 0 Å². The molecule has 0 saturated carbocycles. The Balaban J connectivity index is 2.05. The van der Waals surface area contributed by atoms with Crippen LogP contribution in [0.3, 0.4) is 0 Å². The lowest BCUT2D eigenvalue weighted by Gasteiger charge is -2.33. The van der Waals surface area contributed by atoms with E-state index in [1.807, 2.05) is 58.9 Å². The van der Waals surface area contributed by atoms with Crippen molar-refractivity contribution >= 4 is 39.1 Å². The standard InChI is InChI=1S/C31H38ClN3O4S/c1-6-29(31(37)33-19-22(2)3)34(20-25-10-7-9-24(5)17-25)30(36)21-35(27-12-8-11-26(32)18-27)40(38,39)28-15-13-23(4)14-16-28/h7-18,22,29H,6,19-21H2,1-5H3,(H,33,37). The van der Waals surface area contributed by atoms with Crippen LogP contribution in [0.4, 0.5) is 5.69 Å². The van der Waals surface area contributed by atoms with Gasteiger partial charge in [-0.05, 0) is 62.1 Å². The van der Waals surface area contributed by atoms with Gasteiger partial charge in [-0.1, -0.05) is 86.0 Å². The van der Waals surface area contributed by atoms with Crippen LogP contribution in [0.2, 0.25) is 5.02 Å². The summed E-state index contributed by atoms with van der Waals surface area (Å²) in [5.41, 5.74) is 3.03. The van der Waals surface area contributed by atoms with Crippen molar-refractivity contribution in [1.29, 1.82) is 0 Å². The topological polar surface area (TPSA) is 86.8 Å². The van der Waals surface area contributed by atoms with Gasteiger partial charge in [-0.3, -0.25) is 13.9 Å². The van der Waals surface area contributed by atoms with Crippen molar-refractivity contribution in [3.63, 3.8) is 0 Å². The van der Waals surface area contributed by atoms with Gasteiger partial charge < -0.3 is 10.2 Å². The third-order valence-corrected chi connectivity index (χ3v) is 8.51. The molecule has 1 atom stereocenters. The maximum atomic E-state index is 14.1. The number of anilines is 1. The van der Waals surface area contributed by atoms with E-state index in [4.69, 9.17) is 11.6 Å². The molecule has 0 aromatic heterocycles. The molecular weight excluding hydrogens is 546 g/mol.